The Kier molecular flexibility index (Phi) is 5.46. The van der Waals surface area contributed by atoms with E-state index in [0.717, 1.165) is 12.1 Å². The second-order valence-corrected chi connectivity index (χ2v) is 7.83. The van der Waals surface area contributed by atoms with Crippen molar-refractivity contribution in [2.75, 3.05) is 5.43 Å². The molecule has 1 aromatic heterocycles. The van der Waals surface area contributed by atoms with Crippen LogP contribution in [0.25, 0.3) is 0 Å². The van der Waals surface area contributed by atoms with Gasteiger partial charge in [-0.1, -0.05) is 13.8 Å². The first-order chi connectivity index (χ1) is 11.2. The molecule has 0 saturated heterocycles. The molecule has 1 heterocycles. The Bertz CT molecular complexity index is 834. The summed E-state index contributed by atoms with van der Waals surface area (Å²) in [5.74, 6) is 0.579. The average molecular weight is 348 g/mol. The number of aryl methyl sites for hydroxylation is 1. The second kappa shape index (κ2) is 7.19. The van der Waals surface area contributed by atoms with Crippen molar-refractivity contribution < 1.29 is 8.42 Å². The Balaban J connectivity index is 2.09. The van der Waals surface area contributed by atoms with E-state index in [4.69, 9.17) is 5.14 Å². The van der Waals surface area contributed by atoms with Crippen LogP contribution < -0.4 is 10.6 Å². The van der Waals surface area contributed by atoms with Gasteiger partial charge in [-0.15, -0.1) is 0 Å². The topological polar surface area (TPSA) is 89.5 Å². The maximum atomic E-state index is 11.2. The third-order valence-electron chi connectivity index (χ3n) is 3.74. The molecule has 0 amide bonds. The van der Waals surface area contributed by atoms with Crippen LogP contribution in [0.5, 0.6) is 0 Å². The first kappa shape index (κ1) is 18.2. The number of hydrogen-bond donors (Lipinski definition) is 2. The van der Waals surface area contributed by atoms with Gasteiger partial charge >= 0.3 is 0 Å². The Morgan fingerprint density at radius 2 is 1.88 bits per heavy atom. The molecule has 6 nitrogen and oxygen atoms in total. The van der Waals surface area contributed by atoms with E-state index in [2.05, 4.69) is 48.9 Å². The molecule has 0 aliphatic heterocycles. The van der Waals surface area contributed by atoms with E-state index in [0.29, 0.717) is 11.6 Å². The molecule has 2 rings (SSSR count). The fraction of sp³-hybridized carbons (Fsp3) is 0.353. The van der Waals surface area contributed by atoms with Crippen LogP contribution in [-0.2, 0) is 16.6 Å². The molecule has 1 aromatic carbocycles. The highest BCUT2D eigenvalue weighted by Gasteiger charge is 2.09. The molecule has 7 heteroatoms. The molecule has 0 saturated carbocycles. The Morgan fingerprint density at radius 1 is 1.25 bits per heavy atom. The first-order valence-electron chi connectivity index (χ1n) is 7.77. The van der Waals surface area contributed by atoms with E-state index in [-0.39, 0.29) is 4.90 Å². The van der Waals surface area contributed by atoms with Gasteiger partial charge in [0.15, 0.2) is 0 Å². The zero-order chi connectivity index (χ0) is 17.9. The second-order valence-electron chi connectivity index (χ2n) is 6.27. The lowest BCUT2D eigenvalue weighted by molar-refractivity contribution is 0.509. The minimum atomic E-state index is -3.67. The SMILES string of the molecule is Cc1cc(/C=N\Nc2ccc(S(N)(=O)=O)cc2)c(C)n1CC(C)C. The van der Waals surface area contributed by atoms with Crippen LogP contribution in [0.2, 0.25) is 0 Å². The van der Waals surface area contributed by atoms with Crippen molar-refractivity contribution in [3.8, 4) is 0 Å². The average Bonchev–Trinajstić information content (AvgIpc) is 2.74. The van der Waals surface area contributed by atoms with Gasteiger partial charge in [0, 0.05) is 23.5 Å². The van der Waals surface area contributed by atoms with Gasteiger partial charge in [0.1, 0.15) is 0 Å². The summed E-state index contributed by atoms with van der Waals surface area (Å²) in [6.45, 7) is 9.54. The summed E-state index contributed by atoms with van der Waals surface area (Å²) >= 11 is 0. The van der Waals surface area contributed by atoms with E-state index < -0.39 is 10.0 Å². The molecule has 130 valence electrons. The lowest BCUT2D eigenvalue weighted by Crippen LogP contribution is -2.11. The molecule has 24 heavy (non-hydrogen) atoms. The van der Waals surface area contributed by atoms with Crippen LogP contribution in [-0.4, -0.2) is 19.2 Å². The van der Waals surface area contributed by atoms with E-state index in [9.17, 15) is 8.42 Å². The number of benzene rings is 1. The van der Waals surface area contributed by atoms with Crippen molar-refractivity contribution in [3.63, 3.8) is 0 Å². The Morgan fingerprint density at radius 3 is 2.42 bits per heavy atom. The summed E-state index contributed by atoms with van der Waals surface area (Å²) in [7, 11) is -3.67. The zero-order valence-corrected chi connectivity index (χ0v) is 15.3. The first-order valence-corrected chi connectivity index (χ1v) is 9.32. The number of hydrazone groups is 1. The quantitative estimate of drug-likeness (QED) is 0.621. The van der Waals surface area contributed by atoms with Gasteiger partial charge < -0.3 is 4.57 Å². The molecule has 0 fully saturated rings. The predicted octanol–water partition coefficient (Wildman–Crippen LogP) is 2.85. The molecule has 0 bridgehead atoms. The summed E-state index contributed by atoms with van der Waals surface area (Å²) in [6, 6.07) is 8.24. The summed E-state index contributed by atoms with van der Waals surface area (Å²) in [5.41, 5.74) is 7.03. The van der Waals surface area contributed by atoms with Crippen LogP contribution >= 0.6 is 0 Å². The van der Waals surface area contributed by atoms with Crippen molar-refractivity contribution in [2.24, 2.45) is 16.2 Å². The van der Waals surface area contributed by atoms with Crippen molar-refractivity contribution >= 4 is 21.9 Å². The van der Waals surface area contributed by atoms with Crippen LogP contribution in [0.1, 0.15) is 30.8 Å². The molecule has 0 aliphatic carbocycles. The van der Waals surface area contributed by atoms with Crippen molar-refractivity contribution in [1.82, 2.24) is 4.57 Å². The maximum Gasteiger partial charge on any atom is 0.238 e. The van der Waals surface area contributed by atoms with Crippen molar-refractivity contribution in [1.29, 1.82) is 0 Å². The molecule has 0 spiro atoms. The number of nitrogens with one attached hydrogen (secondary N) is 1. The van der Waals surface area contributed by atoms with Crippen LogP contribution in [0.15, 0.2) is 40.3 Å². The summed E-state index contributed by atoms with van der Waals surface area (Å²) in [4.78, 5) is 0.0780. The third kappa shape index (κ3) is 4.46. The number of nitrogens with zero attached hydrogens (tertiary/aromatic N) is 2. The highest BCUT2D eigenvalue weighted by molar-refractivity contribution is 7.89. The summed E-state index contributed by atoms with van der Waals surface area (Å²) in [5, 5.41) is 9.30. The Hall–Kier alpha value is -2.12. The zero-order valence-electron chi connectivity index (χ0n) is 14.4. The number of anilines is 1. The number of primary sulfonamides is 1. The van der Waals surface area contributed by atoms with Gasteiger partial charge in [-0.25, -0.2) is 13.6 Å². The summed E-state index contributed by atoms with van der Waals surface area (Å²) < 4.78 is 24.7. The smallest absolute Gasteiger partial charge is 0.238 e. The fourth-order valence-corrected chi connectivity index (χ4v) is 3.02. The number of aromatic nitrogens is 1. The van der Waals surface area contributed by atoms with Crippen LogP contribution in [0.4, 0.5) is 5.69 Å². The number of nitrogens with two attached hydrogens (primary N) is 1. The van der Waals surface area contributed by atoms with Gasteiger partial charge in [-0.2, -0.15) is 5.10 Å². The monoisotopic (exact) mass is 348 g/mol. The van der Waals surface area contributed by atoms with Gasteiger partial charge in [0.25, 0.3) is 0 Å². The van der Waals surface area contributed by atoms with E-state index in [1.807, 2.05) is 0 Å². The molecular formula is C17H24N4O2S. The standard InChI is InChI=1S/C17H24N4O2S/c1-12(2)11-21-13(3)9-15(14(21)4)10-19-20-16-5-7-17(8-6-16)24(18,22)23/h5-10,12,20H,11H2,1-4H3,(H2,18,22,23)/b19-10-. The Labute approximate surface area is 143 Å². The van der Waals surface area contributed by atoms with Gasteiger partial charge in [-0.05, 0) is 50.1 Å². The van der Waals surface area contributed by atoms with Gasteiger partial charge in [0.05, 0.1) is 16.8 Å². The molecule has 0 radical (unpaired) electrons. The van der Waals surface area contributed by atoms with Crippen molar-refractivity contribution in [3.05, 3.63) is 47.3 Å². The van der Waals surface area contributed by atoms with Gasteiger partial charge in [-0.3, -0.25) is 5.43 Å². The maximum absolute atomic E-state index is 11.2. The molecule has 0 atom stereocenters. The normalized spacial score (nSPS) is 12.2. The van der Waals surface area contributed by atoms with E-state index >= 15 is 0 Å². The molecule has 0 unspecified atom stereocenters. The molecule has 2 aromatic rings. The van der Waals surface area contributed by atoms with E-state index in [1.165, 1.54) is 23.5 Å². The predicted molar refractivity (Wildman–Crippen MR) is 97.8 cm³/mol. The minimum Gasteiger partial charge on any atom is -0.348 e. The highest BCUT2D eigenvalue weighted by atomic mass is 32.2. The summed E-state index contributed by atoms with van der Waals surface area (Å²) in [6.07, 6.45) is 1.77. The largest absolute Gasteiger partial charge is 0.348 e. The lowest BCUT2D eigenvalue weighted by Gasteiger charge is -2.11. The fourth-order valence-electron chi connectivity index (χ4n) is 2.50. The number of hydrogen-bond acceptors (Lipinski definition) is 4. The van der Waals surface area contributed by atoms with Gasteiger partial charge in [0.2, 0.25) is 10.0 Å². The highest BCUT2D eigenvalue weighted by Crippen LogP contribution is 2.16. The lowest BCUT2D eigenvalue weighted by atomic mass is 10.2. The van der Waals surface area contributed by atoms with E-state index in [1.54, 1.807) is 18.3 Å². The molecule has 0 aliphatic rings. The minimum absolute atomic E-state index is 0.0780. The number of sulfonamides is 1. The molecular weight excluding hydrogens is 324 g/mol. The number of rotatable bonds is 6. The van der Waals surface area contributed by atoms with Crippen molar-refractivity contribution in [2.45, 2.75) is 39.1 Å². The third-order valence-corrected chi connectivity index (χ3v) is 4.67. The van der Waals surface area contributed by atoms with Crippen LogP contribution in [0, 0.1) is 19.8 Å². The molecule has 3 N–H and O–H groups in total. The van der Waals surface area contributed by atoms with Crippen LogP contribution in [0.3, 0.4) is 0 Å².